The molecule has 4 amide bonds. The molecule has 2 fully saturated rings. The van der Waals surface area contributed by atoms with Crippen molar-refractivity contribution in [3.63, 3.8) is 0 Å². The van der Waals surface area contributed by atoms with Crippen LogP contribution in [0.2, 0.25) is 0 Å². The summed E-state index contributed by atoms with van der Waals surface area (Å²) in [6.45, 7) is 1.95. The van der Waals surface area contributed by atoms with Crippen LogP contribution in [0, 0.1) is 6.92 Å². The van der Waals surface area contributed by atoms with Gasteiger partial charge in [-0.1, -0.05) is 42.7 Å². The van der Waals surface area contributed by atoms with E-state index in [9.17, 15) is 14.4 Å². The average Bonchev–Trinajstić information content (AvgIpc) is 2.94. The van der Waals surface area contributed by atoms with E-state index in [0.717, 1.165) is 31.2 Å². The highest BCUT2D eigenvalue weighted by Crippen LogP contribution is 2.30. The highest BCUT2D eigenvalue weighted by atomic mass is 16.2. The van der Waals surface area contributed by atoms with Gasteiger partial charge in [0, 0.05) is 6.04 Å². The average molecular weight is 286 g/mol. The Bertz CT molecular complexity index is 588. The number of hydrogen-bond donors (Lipinski definition) is 1. The van der Waals surface area contributed by atoms with E-state index in [0.29, 0.717) is 5.56 Å². The van der Waals surface area contributed by atoms with Crippen LogP contribution in [0.25, 0.3) is 0 Å². The van der Waals surface area contributed by atoms with Gasteiger partial charge >= 0.3 is 6.03 Å². The number of carbonyl (C=O) groups excluding carboxylic acids is 3. The van der Waals surface area contributed by atoms with Gasteiger partial charge in [0.1, 0.15) is 5.92 Å². The molecule has 1 unspecified atom stereocenters. The fourth-order valence-electron chi connectivity index (χ4n) is 3.15. The fourth-order valence-corrected chi connectivity index (χ4v) is 3.15. The topological polar surface area (TPSA) is 66.5 Å². The zero-order valence-electron chi connectivity index (χ0n) is 12.0. The van der Waals surface area contributed by atoms with E-state index in [4.69, 9.17) is 0 Å². The van der Waals surface area contributed by atoms with Gasteiger partial charge in [0.2, 0.25) is 11.8 Å². The van der Waals surface area contributed by atoms with Gasteiger partial charge in [-0.3, -0.25) is 19.8 Å². The summed E-state index contributed by atoms with van der Waals surface area (Å²) in [5, 5.41) is 2.33. The molecule has 110 valence electrons. The summed E-state index contributed by atoms with van der Waals surface area (Å²) in [5.41, 5.74) is 1.70. The second-order valence-electron chi connectivity index (χ2n) is 5.78. The smallest absolute Gasteiger partial charge is 0.277 e. The Morgan fingerprint density at radius 3 is 2.29 bits per heavy atom. The normalized spacial score (nSPS) is 23.6. The first-order valence-electron chi connectivity index (χ1n) is 7.32. The minimum atomic E-state index is -0.913. The second-order valence-corrected chi connectivity index (χ2v) is 5.78. The molecule has 1 aliphatic heterocycles. The van der Waals surface area contributed by atoms with Crippen LogP contribution in [0.3, 0.4) is 0 Å². The molecule has 1 aliphatic carbocycles. The number of hydrogen-bond acceptors (Lipinski definition) is 3. The lowest BCUT2D eigenvalue weighted by Gasteiger charge is -2.34. The number of barbiturate groups is 1. The van der Waals surface area contributed by atoms with Crippen molar-refractivity contribution in [2.24, 2.45) is 0 Å². The summed E-state index contributed by atoms with van der Waals surface area (Å²) in [5.74, 6) is -1.83. The van der Waals surface area contributed by atoms with Crippen molar-refractivity contribution in [3.05, 3.63) is 35.4 Å². The van der Waals surface area contributed by atoms with Gasteiger partial charge in [-0.2, -0.15) is 0 Å². The first kappa shape index (κ1) is 13.8. The molecule has 0 radical (unpaired) electrons. The van der Waals surface area contributed by atoms with E-state index in [1.165, 1.54) is 4.90 Å². The number of amides is 4. The molecule has 0 bridgehead atoms. The van der Waals surface area contributed by atoms with Crippen LogP contribution < -0.4 is 5.32 Å². The Hall–Kier alpha value is -2.17. The second kappa shape index (κ2) is 5.31. The number of carbonyl (C=O) groups is 3. The molecule has 1 aromatic carbocycles. The number of benzene rings is 1. The Labute approximate surface area is 123 Å². The van der Waals surface area contributed by atoms with Crippen molar-refractivity contribution in [3.8, 4) is 0 Å². The standard InChI is InChI=1S/C16H18N2O3/c1-10-6-8-11(9-7-10)13-14(19)17-16(21)18(15(13)20)12-4-2-3-5-12/h6-9,12-13H,2-5H2,1H3,(H,17,19,21). The maximum Gasteiger partial charge on any atom is 0.331 e. The summed E-state index contributed by atoms with van der Waals surface area (Å²) in [6, 6.07) is 6.65. The molecule has 1 atom stereocenters. The quantitative estimate of drug-likeness (QED) is 0.847. The number of imide groups is 2. The predicted molar refractivity (Wildman–Crippen MR) is 76.6 cm³/mol. The van der Waals surface area contributed by atoms with Crippen LogP contribution >= 0.6 is 0 Å². The van der Waals surface area contributed by atoms with Crippen LogP contribution in [-0.4, -0.2) is 28.8 Å². The van der Waals surface area contributed by atoms with Gasteiger partial charge in [0.25, 0.3) is 0 Å². The third-order valence-corrected chi connectivity index (χ3v) is 4.30. The molecule has 5 heteroatoms. The Kier molecular flexibility index (Phi) is 3.49. The van der Waals surface area contributed by atoms with E-state index in [1.807, 2.05) is 19.1 Å². The molecule has 0 spiro atoms. The summed E-state index contributed by atoms with van der Waals surface area (Å²) >= 11 is 0. The third kappa shape index (κ3) is 2.44. The van der Waals surface area contributed by atoms with Crippen LogP contribution in [0.4, 0.5) is 4.79 Å². The molecule has 21 heavy (non-hydrogen) atoms. The van der Waals surface area contributed by atoms with Gasteiger partial charge in [-0.05, 0) is 25.3 Å². The molecule has 1 N–H and O–H groups in total. The lowest BCUT2D eigenvalue weighted by molar-refractivity contribution is -0.140. The zero-order valence-corrected chi connectivity index (χ0v) is 12.0. The fraction of sp³-hybridized carbons (Fsp3) is 0.438. The van der Waals surface area contributed by atoms with Crippen LogP contribution in [0.5, 0.6) is 0 Å². The van der Waals surface area contributed by atoms with Crippen LogP contribution in [0.1, 0.15) is 42.7 Å². The molecule has 0 aromatic heterocycles. The monoisotopic (exact) mass is 286 g/mol. The number of aryl methyl sites for hydroxylation is 1. The van der Waals surface area contributed by atoms with Gasteiger partial charge in [0.05, 0.1) is 0 Å². The number of rotatable bonds is 2. The molecule has 3 rings (SSSR count). The molecule has 1 saturated carbocycles. The minimum Gasteiger partial charge on any atom is -0.277 e. The highest BCUT2D eigenvalue weighted by molar-refractivity contribution is 6.19. The van der Waals surface area contributed by atoms with Crippen molar-refractivity contribution in [2.45, 2.75) is 44.6 Å². The molecular weight excluding hydrogens is 268 g/mol. The van der Waals surface area contributed by atoms with Crippen LogP contribution in [0.15, 0.2) is 24.3 Å². The first-order valence-corrected chi connectivity index (χ1v) is 7.32. The number of nitrogens with zero attached hydrogens (tertiary/aromatic N) is 1. The third-order valence-electron chi connectivity index (χ3n) is 4.30. The van der Waals surface area contributed by atoms with Crippen LogP contribution in [-0.2, 0) is 9.59 Å². The van der Waals surface area contributed by atoms with Crippen molar-refractivity contribution in [1.82, 2.24) is 10.2 Å². The maximum absolute atomic E-state index is 12.7. The number of nitrogens with one attached hydrogen (secondary N) is 1. The SMILES string of the molecule is Cc1ccc(C2C(=O)NC(=O)N(C3CCCC3)C2=O)cc1. The highest BCUT2D eigenvalue weighted by Gasteiger charge is 2.44. The Morgan fingerprint density at radius 2 is 1.67 bits per heavy atom. The van der Waals surface area contributed by atoms with Gasteiger partial charge < -0.3 is 0 Å². The molecule has 1 heterocycles. The summed E-state index contributed by atoms with van der Waals surface area (Å²) in [7, 11) is 0. The predicted octanol–water partition coefficient (Wildman–Crippen LogP) is 2.10. The van der Waals surface area contributed by atoms with E-state index in [1.54, 1.807) is 12.1 Å². The summed E-state index contributed by atoms with van der Waals surface area (Å²) in [4.78, 5) is 38.0. The van der Waals surface area contributed by atoms with E-state index < -0.39 is 17.9 Å². The van der Waals surface area contributed by atoms with E-state index in [-0.39, 0.29) is 11.9 Å². The van der Waals surface area contributed by atoms with Crippen molar-refractivity contribution in [1.29, 1.82) is 0 Å². The Morgan fingerprint density at radius 1 is 1.05 bits per heavy atom. The lowest BCUT2D eigenvalue weighted by Crippen LogP contribution is -2.59. The van der Waals surface area contributed by atoms with Crippen molar-refractivity contribution >= 4 is 17.8 Å². The van der Waals surface area contributed by atoms with Crippen molar-refractivity contribution < 1.29 is 14.4 Å². The largest absolute Gasteiger partial charge is 0.331 e. The minimum absolute atomic E-state index is 0.0708. The molecule has 2 aliphatic rings. The number of urea groups is 1. The summed E-state index contributed by atoms with van der Waals surface area (Å²) in [6.07, 6.45) is 3.69. The van der Waals surface area contributed by atoms with Gasteiger partial charge in [-0.15, -0.1) is 0 Å². The molecular formula is C16H18N2O3. The van der Waals surface area contributed by atoms with Gasteiger partial charge in [0.15, 0.2) is 0 Å². The summed E-state index contributed by atoms with van der Waals surface area (Å²) < 4.78 is 0. The zero-order chi connectivity index (χ0) is 15.0. The molecule has 5 nitrogen and oxygen atoms in total. The van der Waals surface area contributed by atoms with Gasteiger partial charge in [-0.25, -0.2) is 4.79 Å². The van der Waals surface area contributed by atoms with E-state index in [2.05, 4.69) is 5.32 Å². The first-order chi connectivity index (χ1) is 10.1. The molecule has 1 saturated heterocycles. The molecule has 1 aromatic rings. The Balaban J connectivity index is 1.92. The maximum atomic E-state index is 12.7. The lowest BCUT2D eigenvalue weighted by atomic mass is 9.93. The van der Waals surface area contributed by atoms with Crippen molar-refractivity contribution in [2.75, 3.05) is 0 Å². The van der Waals surface area contributed by atoms with E-state index >= 15 is 0 Å².